The zero-order chi connectivity index (χ0) is 20.1. The van der Waals surface area contributed by atoms with Crippen LogP contribution in [0.4, 0.5) is 0 Å². The molecule has 2 aromatic carbocycles. The van der Waals surface area contributed by atoms with Crippen LogP contribution in [0.2, 0.25) is 5.02 Å². The average Bonchev–Trinajstić information content (AvgIpc) is 3.05. The van der Waals surface area contributed by atoms with Crippen molar-refractivity contribution in [2.45, 2.75) is 13.3 Å². The lowest BCUT2D eigenvalue weighted by atomic mass is 10.0. The molecule has 7 heteroatoms. The lowest BCUT2D eigenvalue weighted by Gasteiger charge is -2.07. The first-order valence-corrected chi connectivity index (χ1v) is 9.11. The van der Waals surface area contributed by atoms with Gasteiger partial charge in [-0.25, -0.2) is 4.99 Å². The minimum atomic E-state index is -0.489. The first kappa shape index (κ1) is 19.3. The van der Waals surface area contributed by atoms with Crippen molar-refractivity contribution < 1.29 is 9.59 Å². The van der Waals surface area contributed by atoms with Gasteiger partial charge in [0.1, 0.15) is 17.5 Å². The second-order valence-corrected chi connectivity index (χ2v) is 6.44. The molecule has 2 aromatic rings. The van der Waals surface area contributed by atoms with E-state index in [4.69, 9.17) is 11.6 Å². The van der Waals surface area contributed by atoms with Gasteiger partial charge in [-0.05, 0) is 18.6 Å². The van der Waals surface area contributed by atoms with Gasteiger partial charge in [0.15, 0.2) is 0 Å². The molecule has 2 N–H and O–H groups in total. The molecule has 6 nitrogen and oxygen atoms in total. The van der Waals surface area contributed by atoms with E-state index in [9.17, 15) is 14.9 Å². The number of carbonyl (C=O) groups is 2. The summed E-state index contributed by atoms with van der Waals surface area (Å²) in [4.78, 5) is 29.4. The number of nitrogens with zero attached hydrogens (tertiary/aromatic N) is 2. The highest BCUT2D eigenvalue weighted by Gasteiger charge is 2.27. The molecule has 0 unspecified atom stereocenters. The summed E-state index contributed by atoms with van der Waals surface area (Å²) >= 11 is 6.09. The Morgan fingerprint density at radius 2 is 1.79 bits per heavy atom. The molecule has 0 fully saturated rings. The first-order valence-electron chi connectivity index (χ1n) is 8.73. The largest absolute Gasteiger partial charge is 0.351 e. The van der Waals surface area contributed by atoms with Crippen molar-refractivity contribution in [3.8, 4) is 6.07 Å². The molecule has 28 heavy (non-hydrogen) atoms. The molecule has 0 saturated carbocycles. The van der Waals surface area contributed by atoms with Crippen LogP contribution in [0, 0.1) is 11.3 Å². The standard InChI is InChI=1S/C21H17ClN4O2/c1-2-11-24-20(27)16(12-23)18-13-7-3-4-8-14(13)19(25-18)26-21(28)15-9-5-6-10-17(15)22/h3-10H,2,11H2,1H3,(H,24,27)(H,25,26,28)/b18-16-. The third kappa shape index (κ3) is 3.80. The molecule has 1 aliphatic rings. The number of halogens is 1. The van der Waals surface area contributed by atoms with Gasteiger partial charge in [0.2, 0.25) is 0 Å². The van der Waals surface area contributed by atoms with Crippen LogP contribution in [0.15, 0.2) is 59.1 Å². The molecule has 140 valence electrons. The summed E-state index contributed by atoms with van der Waals surface area (Å²) in [6.07, 6.45) is 0.749. The maximum Gasteiger partial charge on any atom is 0.264 e. The number of amides is 2. The molecule has 2 amide bonds. The van der Waals surface area contributed by atoms with Crippen molar-refractivity contribution in [1.29, 1.82) is 5.26 Å². The highest BCUT2D eigenvalue weighted by molar-refractivity contribution is 6.34. The number of aliphatic imine (C=N–C) groups is 1. The topological polar surface area (TPSA) is 94.3 Å². The fourth-order valence-corrected chi connectivity index (χ4v) is 2.99. The molecule has 0 radical (unpaired) electrons. The van der Waals surface area contributed by atoms with Gasteiger partial charge in [0.05, 0.1) is 16.3 Å². The minimum Gasteiger partial charge on any atom is -0.351 e. The van der Waals surface area contributed by atoms with Crippen LogP contribution in [-0.4, -0.2) is 24.2 Å². The van der Waals surface area contributed by atoms with E-state index < -0.39 is 11.8 Å². The number of hydrogen-bond donors (Lipinski definition) is 2. The van der Waals surface area contributed by atoms with Crippen LogP contribution in [0.3, 0.4) is 0 Å². The van der Waals surface area contributed by atoms with Crippen molar-refractivity contribution in [3.05, 3.63) is 75.8 Å². The summed E-state index contributed by atoms with van der Waals surface area (Å²) < 4.78 is 0. The lowest BCUT2D eigenvalue weighted by Crippen LogP contribution is -2.30. The van der Waals surface area contributed by atoms with Gasteiger partial charge < -0.3 is 10.6 Å². The summed E-state index contributed by atoms with van der Waals surface area (Å²) in [5.41, 5.74) is 1.70. The smallest absolute Gasteiger partial charge is 0.264 e. The van der Waals surface area contributed by atoms with E-state index >= 15 is 0 Å². The van der Waals surface area contributed by atoms with Crippen LogP contribution in [0.25, 0.3) is 5.70 Å². The van der Waals surface area contributed by atoms with E-state index in [1.165, 1.54) is 0 Å². The highest BCUT2D eigenvalue weighted by Crippen LogP contribution is 2.30. The first-order chi connectivity index (χ1) is 13.6. The van der Waals surface area contributed by atoms with Crippen molar-refractivity contribution in [2.24, 2.45) is 4.99 Å². The minimum absolute atomic E-state index is 0.0945. The fourth-order valence-electron chi connectivity index (χ4n) is 2.77. The Kier molecular flexibility index (Phi) is 5.87. The quantitative estimate of drug-likeness (QED) is 0.617. The van der Waals surface area contributed by atoms with Crippen LogP contribution >= 0.6 is 11.6 Å². The van der Waals surface area contributed by atoms with Crippen molar-refractivity contribution >= 4 is 34.9 Å². The van der Waals surface area contributed by atoms with Gasteiger partial charge in [-0.1, -0.05) is 54.9 Å². The Morgan fingerprint density at radius 1 is 1.11 bits per heavy atom. The van der Waals surface area contributed by atoms with E-state index in [0.717, 1.165) is 6.42 Å². The third-order valence-corrected chi connectivity index (χ3v) is 4.45. The van der Waals surface area contributed by atoms with Crippen molar-refractivity contribution in [1.82, 2.24) is 10.6 Å². The second kappa shape index (κ2) is 8.51. The summed E-state index contributed by atoms with van der Waals surface area (Å²) in [7, 11) is 0. The molecule has 0 spiro atoms. The molecule has 0 saturated heterocycles. The molecule has 0 aliphatic carbocycles. The average molecular weight is 393 g/mol. The van der Waals surface area contributed by atoms with Gasteiger partial charge >= 0.3 is 0 Å². The van der Waals surface area contributed by atoms with Crippen LogP contribution < -0.4 is 10.6 Å². The van der Waals surface area contributed by atoms with Gasteiger partial charge in [0.25, 0.3) is 11.8 Å². The Hall–Kier alpha value is -3.43. The summed E-state index contributed by atoms with van der Waals surface area (Å²) in [5, 5.41) is 15.3. The van der Waals surface area contributed by atoms with Gasteiger partial charge in [-0.3, -0.25) is 9.59 Å². The maximum absolute atomic E-state index is 12.6. The van der Waals surface area contributed by atoms with Gasteiger partial charge in [0, 0.05) is 17.7 Å². The predicted octanol–water partition coefficient (Wildman–Crippen LogP) is 3.29. The van der Waals surface area contributed by atoms with E-state index in [1.54, 1.807) is 48.5 Å². The van der Waals surface area contributed by atoms with Gasteiger partial charge in [-0.2, -0.15) is 5.26 Å². The molecule has 1 aliphatic heterocycles. The van der Waals surface area contributed by atoms with E-state index in [0.29, 0.717) is 28.3 Å². The van der Waals surface area contributed by atoms with E-state index in [2.05, 4.69) is 15.6 Å². The zero-order valence-electron chi connectivity index (χ0n) is 15.1. The predicted molar refractivity (Wildman–Crippen MR) is 108 cm³/mol. The molecule has 3 rings (SSSR count). The molecule has 0 atom stereocenters. The highest BCUT2D eigenvalue weighted by atomic mass is 35.5. The SMILES string of the molecule is CCCNC(=O)/C(C#N)=C1\N=C(NC(=O)c2ccccc2Cl)c2ccccc21. The number of benzene rings is 2. The third-order valence-electron chi connectivity index (χ3n) is 4.12. The molecule has 0 bridgehead atoms. The molecule has 1 heterocycles. The normalized spacial score (nSPS) is 13.8. The maximum atomic E-state index is 12.6. The van der Waals surface area contributed by atoms with Crippen LogP contribution in [-0.2, 0) is 4.79 Å². The Bertz CT molecular complexity index is 1050. The van der Waals surface area contributed by atoms with E-state index in [-0.39, 0.29) is 17.1 Å². The number of amidine groups is 1. The summed E-state index contributed by atoms with van der Waals surface area (Å²) in [6, 6.07) is 15.7. The number of hydrogen-bond acceptors (Lipinski definition) is 4. The zero-order valence-corrected chi connectivity index (χ0v) is 15.9. The van der Waals surface area contributed by atoms with Crippen molar-refractivity contribution in [2.75, 3.05) is 6.54 Å². The van der Waals surface area contributed by atoms with E-state index in [1.807, 2.05) is 13.0 Å². The second-order valence-electron chi connectivity index (χ2n) is 6.03. The Labute approximate surface area is 167 Å². The number of fused-ring (bicyclic) bond motifs is 1. The molecular weight excluding hydrogens is 376 g/mol. The van der Waals surface area contributed by atoms with Crippen molar-refractivity contribution in [3.63, 3.8) is 0 Å². The fraction of sp³-hybridized carbons (Fsp3) is 0.143. The monoisotopic (exact) mass is 392 g/mol. The number of rotatable bonds is 4. The van der Waals surface area contributed by atoms with Gasteiger partial charge in [-0.15, -0.1) is 0 Å². The summed E-state index contributed by atoms with van der Waals surface area (Å²) in [5.74, 6) is -0.641. The summed E-state index contributed by atoms with van der Waals surface area (Å²) in [6.45, 7) is 2.38. The van der Waals surface area contributed by atoms with Crippen LogP contribution in [0.1, 0.15) is 34.8 Å². The number of carbonyl (C=O) groups excluding carboxylic acids is 2. The lowest BCUT2D eigenvalue weighted by molar-refractivity contribution is -0.117. The van der Waals surface area contributed by atoms with Crippen LogP contribution in [0.5, 0.6) is 0 Å². The molecule has 0 aromatic heterocycles. The number of nitrogens with one attached hydrogen (secondary N) is 2. The Balaban J connectivity index is 2.00. The Morgan fingerprint density at radius 3 is 2.46 bits per heavy atom. The molecular formula is C21H17ClN4O2. The number of nitriles is 1.